The van der Waals surface area contributed by atoms with Crippen molar-refractivity contribution in [2.45, 2.75) is 36.7 Å². The van der Waals surface area contributed by atoms with Gasteiger partial charge in [0.1, 0.15) is 5.75 Å². The number of benzene rings is 2. The van der Waals surface area contributed by atoms with E-state index < -0.39 is 10.0 Å². The molecular formula is C21H24Cl2N2O5S. The van der Waals surface area contributed by atoms with E-state index in [0.717, 1.165) is 12.8 Å². The first-order chi connectivity index (χ1) is 14.8. The van der Waals surface area contributed by atoms with Crippen LogP contribution in [0, 0.1) is 0 Å². The van der Waals surface area contributed by atoms with Gasteiger partial charge >= 0.3 is 0 Å². The monoisotopic (exact) mass is 486 g/mol. The summed E-state index contributed by atoms with van der Waals surface area (Å²) in [5.74, 6) is 0.314. The number of carbonyl (C=O) groups is 1. The molecule has 2 N–H and O–H groups in total. The second-order valence-corrected chi connectivity index (χ2v) is 9.70. The summed E-state index contributed by atoms with van der Waals surface area (Å²) < 4.78 is 38.3. The van der Waals surface area contributed by atoms with Crippen LogP contribution < -0.4 is 14.8 Å². The number of hydrogen-bond donors (Lipinski definition) is 2. The van der Waals surface area contributed by atoms with E-state index in [2.05, 4.69) is 10.0 Å². The van der Waals surface area contributed by atoms with E-state index in [0.29, 0.717) is 41.1 Å². The first-order valence-electron chi connectivity index (χ1n) is 9.92. The highest BCUT2D eigenvalue weighted by Gasteiger charge is 2.20. The molecule has 0 aliphatic carbocycles. The molecule has 10 heteroatoms. The summed E-state index contributed by atoms with van der Waals surface area (Å²) in [7, 11) is -3.62. The van der Waals surface area contributed by atoms with Crippen LogP contribution in [0.25, 0.3) is 0 Å². The molecule has 31 heavy (non-hydrogen) atoms. The van der Waals surface area contributed by atoms with E-state index in [4.69, 9.17) is 32.7 Å². The predicted molar refractivity (Wildman–Crippen MR) is 120 cm³/mol. The zero-order chi connectivity index (χ0) is 22.3. The second-order valence-electron chi connectivity index (χ2n) is 7.09. The Balaban J connectivity index is 1.41. The normalized spacial score (nSPS) is 16.3. The van der Waals surface area contributed by atoms with Gasteiger partial charge in [0.05, 0.1) is 22.6 Å². The lowest BCUT2D eigenvalue weighted by Gasteiger charge is -2.12. The molecule has 1 aliphatic rings. The van der Waals surface area contributed by atoms with Crippen LogP contribution in [0.1, 0.15) is 25.7 Å². The summed E-state index contributed by atoms with van der Waals surface area (Å²) in [4.78, 5) is 12.2. The van der Waals surface area contributed by atoms with Crippen molar-refractivity contribution in [3.63, 3.8) is 0 Å². The van der Waals surface area contributed by atoms with Crippen molar-refractivity contribution in [3.05, 3.63) is 52.5 Å². The molecule has 1 fully saturated rings. The number of sulfonamides is 1. The molecule has 1 saturated heterocycles. The zero-order valence-electron chi connectivity index (χ0n) is 16.8. The number of amides is 1. The summed E-state index contributed by atoms with van der Waals surface area (Å²) in [5.41, 5.74) is 0.518. The third-order valence-electron chi connectivity index (χ3n) is 4.67. The van der Waals surface area contributed by atoms with Crippen molar-refractivity contribution in [2.24, 2.45) is 0 Å². The minimum Gasteiger partial charge on any atom is -0.492 e. The van der Waals surface area contributed by atoms with Crippen LogP contribution in [0.4, 0.5) is 5.69 Å². The number of hydrogen-bond acceptors (Lipinski definition) is 5. The van der Waals surface area contributed by atoms with Crippen LogP contribution in [0.2, 0.25) is 10.0 Å². The first-order valence-corrected chi connectivity index (χ1v) is 12.2. The molecule has 1 amide bonds. The Morgan fingerprint density at radius 1 is 1.16 bits per heavy atom. The molecule has 7 nitrogen and oxygen atoms in total. The SMILES string of the molecule is O=C(CCCOc1ccc(Cl)cc1Cl)Nc1ccc(S(=O)(=O)NCC2CCCO2)cc1. The largest absolute Gasteiger partial charge is 0.492 e. The first kappa shape index (κ1) is 23.8. The lowest BCUT2D eigenvalue weighted by Crippen LogP contribution is -2.31. The van der Waals surface area contributed by atoms with Crippen LogP contribution in [0.5, 0.6) is 5.75 Å². The Hall–Kier alpha value is -1.84. The van der Waals surface area contributed by atoms with E-state index in [-0.39, 0.29) is 29.9 Å². The second kappa shape index (κ2) is 11.2. The van der Waals surface area contributed by atoms with Gasteiger partial charge in [-0.25, -0.2) is 13.1 Å². The maximum absolute atomic E-state index is 12.4. The van der Waals surface area contributed by atoms with Crippen LogP contribution in [-0.4, -0.2) is 40.2 Å². The van der Waals surface area contributed by atoms with Gasteiger partial charge < -0.3 is 14.8 Å². The molecular weight excluding hydrogens is 463 g/mol. The van der Waals surface area contributed by atoms with Gasteiger partial charge in [-0.05, 0) is 61.7 Å². The fourth-order valence-corrected chi connectivity index (χ4v) is 4.57. The smallest absolute Gasteiger partial charge is 0.240 e. The van der Waals surface area contributed by atoms with Crippen LogP contribution in [-0.2, 0) is 19.6 Å². The predicted octanol–water partition coefficient (Wildman–Crippen LogP) is 4.25. The molecule has 2 aromatic rings. The van der Waals surface area contributed by atoms with Gasteiger partial charge in [-0.3, -0.25) is 4.79 Å². The number of nitrogens with one attached hydrogen (secondary N) is 2. The summed E-state index contributed by atoms with van der Waals surface area (Å²) in [6, 6.07) is 11.0. The van der Waals surface area contributed by atoms with Gasteiger partial charge in [0.25, 0.3) is 0 Å². The van der Waals surface area contributed by atoms with Crippen molar-refractivity contribution >= 4 is 44.8 Å². The summed E-state index contributed by atoms with van der Waals surface area (Å²) in [5, 5.41) is 3.68. The highest BCUT2D eigenvalue weighted by atomic mass is 35.5. The lowest BCUT2D eigenvalue weighted by molar-refractivity contribution is -0.116. The third-order valence-corrected chi connectivity index (χ3v) is 6.64. The van der Waals surface area contributed by atoms with E-state index in [1.54, 1.807) is 30.3 Å². The third kappa shape index (κ3) is 7.36. The molecule has 3 rings (SSSR count). The van der Waals surface area contributed by atoms with Gasteiger partial charge in [0.2, 0.25) is 15.9 Å². The number of anilines is 1. The minimum atomic E-state index is -3.62. The fraction of sp³-hybridized carbons (Fsp3) is 0.381. The Bertz CT molecular complexity index is 993. The Morgan fingerprint density at radius 3 is 2.61 bits per heavy atom. The van der Waals surface area contributed by atoms with E-state index >= 15 is 0 Å². The van der Waals surface area contributed by atoms with Gasteiger partial charge in [-0.1, -0.05) is 23.2 Å². The minimum absolute atomic E-state index is 0.0759. The highest BCUT2D eigenvalue weighted by Crippen LogP contribution is 2.27. The van der Waals surface area contributed by atoms with Gasteiger partial charge in [0, 0.05) is 30.3 Å². The molecule has 0 spiro atoms. The molecule has 1 unspecified atom stereocenters. The molecule has 2 aromatic carbocycles. The Morgan fingerprint density at radius 2 is 1.94 bits per heavy atom. The van der Waals surface area contributed by atoms with Crippen molar-refractivity contribution in [2.75, 3.05) is 25.1 Å². The number of rotatable bonds is 10. The maximum Gasteiger partial charge on any atom is 0.240 e. The van der Waals surface area contributed by atoms with Crippen molar-refractivity contribution in [1.82, 2.24) is 4.72 Å². The van der Waals surface area contributed by atoms with E-state index in [1.807, 2.05) is 0 Å². The average Bonchev–Trinajstić information content (AvgIpc) is 3.25. The van der Waals surface area contributed by atoms with Crippen molar-refractivity contribution < 1.29 is 22.7 Å². The van der Waals surface area contributed by atoms with Crippen LogP contribution in [0.15, 0.2) is 47.4 Å². The lowest BCUT2D eigenvalue weighted by atomic mass is 10.2. The number of halogens is 2. The topological polar surface area (TPSA) is 93.7 Å². The Labute approximate surface area is 192 Å². The molecule has 168 valence electrons. The molecule has 1 heterocycles. The highest BCUT2D eigenvalue weighted by molar-refractivity contribution is 7.89. The summed E-state index contributed by atoms with van der Waals surface area (Å²) in [6.07, 6.45) is 2.46. The summed E-state index contributed by atoms with van der Waals surface area (Å²) >= 11 is 11.9. The average molecular weight is 487 g/mol. The van der Waals surface area contributed by atoms with Gasteiger partial charge in [0.15, 0.2) is 0 Å². The molecule has 0 saturated carbocycles. The van der Waals surface area contributed by atoms with Crippen molar-refractivity contribution in [3.8, 4) is 5.75 Å². The van der Waals surface area contributed by atoms with E-state index in [1.165, 1.54) is 12.1 Å². The molecule has 1 atom stereocenters. The van der Waals surface area contributed by atoms with Crippen molar-refractivity contribution in [1.29, 1.82) is 0 Å². The molecule has 0 bridgehead atoms. The molecule has 0 aromatic heterocycles. The van der Waals surface area contributed by atoms with Crippen LogP contribution in [0.3, 0.4) is 0 Å². The zero-order valence-corrected chi connectivity index (χ0v) is 19.1. The fourth-order valence-electron chi connectivity index (χ4n) is 3.04. The van der Waals surface area contributed by atoms with Crippen LogP contribution >= 0.6 is 23.2 Å². The van der Waals surface area contributed by atoms with Gasteiger partial charge in [-0.2, -0.15) is 0 Å². The maximum atomic E-state index is 12.4. The number of ether oxygens (including phenoxy) is 2. The number of carbonyl (C=O) groups excluding carboxylic acids is 1. The quantitative estimate of drug-likeness (QED) is 0.489. The standard InChI is InChI=1S/C21H24Cl2N2O5S/c22-15-5-10-20(19(23)13-15)30-12-2-4-21(26)25-16-6-8-18(9-7-16)31(27,28)24-14-17-3-1-11-29-17/h5-10,13,17,24H,1-4,11-12,14H2,(H,25,26). The Kier molecular flexibility index (Phi) is 8.57. The molecule has 0 radical (unpaired) electrons. The summed E-state index contributed by atoms with van der Waals surface area (Å²) in [6.45, 7) is 1.24. The van der Waals surface area contributed by atoms with Gasteiger partial charge in [-0.15, -0.1) is 0 Å². The molecule has 1 aliphatic heterocycles. The van der Waals surface area contributed by atoms with E-state index in [9.17, 15) is 13.2 Å².